The van der Waals surface area contributed by atoms with Gasteiger partial charge in [0.25, 0.3) is 5.91 Å². The van der Waals surface area contributed by atoms with E-state index in [9.17, 15) is 14.4 Å². The molecule has 0 N–H and O–H groups in total. The number of hydrogen-bond acceptors (Lipinski definition) is 5. The molecule has 1 aromatic rings. The highest BCUT2D eigenvalue weighted by molar-refractivity contribution is 7.14. The second-order valence-corrected chi connectivity index (χ2v) is 7.75. The van der Waals surface area contributed by atoms with Crippen molar-refractivity contribution >= 4 is 29.0 Å². The van der Waals surface area contributed by atoms with Gasteiger partial charge in [0.1, 0.15) is 0 Å². The van der Waals surface area contributed by atoms with Crippen molar-refractivity contribution in [3.8, 4) is 0 Å². The van der Waals surface area contributed by atoms with Crippen LogP contribution in [0.1, 0.15) is 66.4 Å². The lowest BCUT2D eigenvalue weighted by Crippen LogP contribution is -2.43. The van der Waals surface area contributed by atoms with E-state index >= 15 is 0 Å². The van der Waals surface area contributed by atoms with E-state index in [4.69, 9.17) is 4.74 Å². The van der Waals surface area contributed by atoms with Crippen LogP contribution < -0.4 is 0 Å². The molecule has 0 unspecified atom stereocenters. The molecule has 1 fully saturated rings. The van der Waals surface area contributed by atoms with E-state index in [0.29, 0.717) is 11.4 Å². The third-order valence-corrected chi connectivity index (χ3v) is 5.65. The number of hydrogen-bond donors (Lipinski definition) is 0. The first kappa shape index (κ1) is 19.6. The van der Waals surface area contributed by atoms with Crippen molar-refractivity contribution in [2.45, 2.75) is 64.8 Å². The number of esters is 1. The maximum absolute atomic E-state index is 12.3. The molecule has 6 heteroatoms. The molecule has 0 aliphatic heterocycles. The molecule has 1 heterocycles. The molecule has 1 aliphatic carbocycles. The Bertz CT molecular complexity index is 604. The molecule has 25 heavy (non-hydrogen) atoms. The Morgan fingerprint density at radius 3 is 2.48 bits per heavy atom. The maximum atomic E-state index is 12.3. The van der Waals surface area contributed by atoms with Gasteiger partial charge < -0.3 is 9.64 Å². The number of likely N-dealkylation sites (N-methyl/N-ethyl adjacent to an activating group) is 1. The Kier molecular flexibility index (Phi) is 7.62. The fourth-order valence-corrected chi connectivity index (χ4v) is 4.09. The number of carbonyl (C=O) groups excluding carboxylic acids is 3. The van der Waals surface area contributed by atoms with Gasteiger partial charge in [0.2, 0.25) is 0 Å². The van der Waals surface area contributed by atoms with Gasteiger partial charge in [-0.15, -0.1) is 11.3 Å². The first-order chi connectivity index (χ1) is 12.0. The Balaban J connectivity index is 1.72. The van der Waals surface area contributed by atoms with Crippen LogP contribution in [0.25, 0.3) is 0 Å². The van der Waals surface area contributed by atoms with Gasteiger partial charge in [-0.2, -0.15) is 0 Å². The molecule has 0 saturated heterocycles. The average molecular weight is 365 g/mol. The quantitative estimate of drug-likeness (QED) is 0.520. The molecule has 0 aromatic carbocycles. The van der Waals surface area contributed by atoms with Crippen LogP contribution in [-0.4, -0.2) is 41.8 Å². The van der Waals surface area contributed by atoms with Crippen LogP contribution in [0.3, 0.4) is 0 Å². The highest BCUT2D eigenvalue weighted by Crippen LogP contribution is 2.22. The van der Waals surface area contributed by atoms with Gasteiger partial charge in [0.15, 0.2) is 12.4 Å². The summed E-state index contributed by atoms with van der Waals surface area (Å²) < 4.78 is 5.09. The fourth-order valence-electron chi connectivity index (χ4n) is 3.25. The number of nitrogens with zero attached hydrogens (tertiary/aromatic N) is 1. The monoisotopic (exact) mass is 365 g/mol. The highest BCUT2D eigenvalue weighted by Gasteiger charge is 2.24. The summed E-state index contributed by atoms with van der Waals surface area (Å²) in [5, 5.41) is 0. The van der Waals surface area contributed by atoms with Crippen LogP contribution in [0, 0.1) is 6.92 Å². The lowest BCUT2D eigenvalue weighted by Gasteiger charge is -2.33. The van der Waals surface area contributed by atoms with Crippen LogP contribution in [0.5, 0.6) is 0 Å². The number of aryl methyl sites for hydroxylation is 1. The van der Waals surface area contributed by atoms with Crippen LogP contribution >= 0.6 is 11.3 Å². The maximum Gasteiger partial charge on any atom is 0.306 e. The predicted molar refractivity (Wildman–Crippen MR) is 97.8 cm³/mol. The first-order valence-electron chi connectivity index (χ1n) is 9.06. The molecule has 2 rings (SSSR count). The van der Waals surface area contributed by atoms with E-state index in [1.54, 1.807) is 6.07 Å². The van der Waals surface area contributed by atoms with Crippen molar-refractivity contribution in [1.29, 1.82) is 0 Å². The summed E-state index contributed by atoms with van der Waals surface area (Å²) in [6.45, 7) is 4.30. The minimum Gasteiger partial charge on any atom is -0.456 e. The molecule has 1 aliphatic rings. The van der Waals surface area contributed by atoms with E-state index in [1.165, 1.54) is 17.8 Å². The third-order valence-electron chi connectivity index (χ3n) is 4.60. The van der Waals surface area contributed by atoms with Crippen molar-refractivity contribution in [2.75, 3.05) is 13.2 Å². The van der Waals surface area contributed by atoms with E-state index in [-0.39, 0.29) is 37.2 Å². The Morgan fingerprint density at radius 2 is 1.88 bits per heavy atom. The molecule has 5 nitrogen and oxygen atoms in total. The first-order valence-corrected chi connectivity index (χ1v) is 9.87. The number of rotatable bonds is 8. The lowest BCUT2D eigenvalue weighted by molar-refractivity contribution is -0.153. The number of carbonyl (C=O) groups is 3. The number of ether oxygens (including phenoxy) is 1. The second-order valence-electron chi connectivity index (χ2n) is 6.47. The Morgan fingerprint density at radius 1 is 1.16 bits per heavy atom. The molecule has 1 amide bonds. The van der Waals surface area contributed by atoms with Gasteiger partial charge in [0, 0.05) is 23.9 Å². The number of Topliss-reactive ketones (excluding diaryl/α,β-unsaturated/α-hetero) is 1. The minimum absolute atomic E-state index is 0.0125. The molecule has 0 radical (unpaired) electrons. The summed E-state index contributed by atoms with van der Waals surface area (Å²) in [7, 11) is 0. The minimum atomic E-state index is -0.491. The normalized spacial score (nSPS) is 15.0. The molecule has 0 spiro atoms. The van der Waals surface area contributed by atoms with Crippen LogP contribution in [0.2, 0.25) is 0 Å². The average Bonchev–Trinajstić information content (AvgIpc) is 3.06. The summed E-state index contributed by atoms with van der Waals surface area (Å²) >= 11 is 1.43. The molecule has 0 bridgehead atoms. The predicted octanol–water partition coefficient (Wildman–Crippen LogP) is 3.74. The van der Waals surface area contributed by atoms with Crippen LogP contribution in [0.15, 0.2) is 12.1 Å². The molecular formula is C19H27NO4S. The van der Waals surface area contributed by atoms with E-state index < -0.39 is 5.97 Å². The number of thiophene rings is 1. The van der Waals surface area contributed by atoms with Gasteiger partial charge in [0.05, 0.1) is 11.3 Å². The summed E-state index contributed by atoms with van der Waals surface area (Å²) in [6, 6.07) is 3.94. The summed E-state index contributed by atoms with van der Waals surface area (Å²) in [5.74, 6) is -0.684. The van der Waals surface area contributed by atoms with Gasteiger partial charge in [-0.3, -0.25) is 14.4 Å². The van der Waals surface area contributed by atoms with E-state index in [2.05, 4.69) is 0 Å². The van der Waals surface area contributed by atoms with Crippen molar-refractivity contribution < 1.29 is 19.1 Å². The fraction of sp³-hybridized carbons (Fsp3) is 0.632. The molecule has 1 aromatic heterocycles. The van der Waals surface area contributed by atoms with Crippen molar-refractivity contribution in [3.63, 3.8) is 0 Å². The summed E-state index contributed by atoms with van der Waals surface area (Å²) in [6.07, 6.45) is 5.72. The molecule has 0 atom stereocenters. The lowest BCUT2D eigenvalue weighted by atomic mass is 9.94. The van der Waals surface area contributed by atoms with E-state index in [0.717, 1.165) is 30.6 Å². The molecular weight excluding hydrogens is 338 g/mol. The van der Waals surface area contributed by atoms with Gasteiger partial charge in [-0.1, -0.05) is 19.3 Å². The second kappa shape index (κ2) is 9.70. The van der Waals surface area contributed by atoms with Crippen LogP contribution in [0.4, 0.5) is 0 Å². The summed E-state index contributed by atoms with van der Waals surface area (Å²) in [4.78, 5) is 39.7. The van der Waals surface area contributed by atoms with Gasteiger partial charge in [-0.25, -0.2) is 0 Å². The SMILES string of the molecule is CCN(C(=O)COC(=O)CCC(=O)c1ccc(C)s1)C1CCCCC1. The third kappa shape index (κ3) is 5.96. The van der Waals surface area contributed by atoms with Gasteiger partial charge in [-0.05, 0) is 38.8 Å². The van der Waals surface area contributed by atoms with Crippen molar-refractivity contribution in [3.05, 3.63) is 21.9 Å². The zero-order valence-electron chi connectivity index (χ0n) is 15.1. The Labute approximate surface area is 153 Å². The van der Waals surface area contributed by atoms with Gasteiger partial charge >= 0.3 is 5.97 Å². The standard InChI is InChI=1S/C19H27NO4S/c1-3-20(15-7-5-4-6-8-15)18(22)13-24-19(23)12-10-16(21)17-11-9-14(2)25-17/h9,11,15H,3-8,10,12-13H2,1-2H3. The highest BCUT2D eigenvalue weighted by atomic mass is 32.1. The van der Waals surface area contributed by atoms with Crippen molar-refractivity contribution in [1.82, 2.24) is 4.90 Å². The van der Waals surface area contributed by atoms with Crippen LogP contribution in [-0.2, 0) is 14.3 Å². The molecule has 1 saturated carbocycles. The molecule has 138 valence electrons. The van der Waals surface area contributed by atoms with E-state index in [1.807, 2.05) is 24.8 Å². The number of amides is 1. The zero-order chi connectivity index (χ0) is 18.2. The largest absolute Gasteiger partial charge is 0.456 e. The topological polar surface area (TPSA) is 63.7 Å². The van der Waals surface area contributed by atoms with Crippen molar-refractivity contribution in [2.24, 2.45) is 0 Å². The smallest absolute Gasteiger partial charge is 0.306 e. The zero-order valence-corrected chi connectivity index (χ0v) is 15.9. The number of ketones is 1. The Hall–Kier alpha value is -1.69. The summed E-state index contributed by atoms with van der Waals surface area (Å²) in [5.41, 5.74) is 0.